The van der Waals surface area contributed by atoms with E-state index in [0.717, 1.165) is 0 Å². The van der Waals surface area contributed by atoms with Gasteiger partial charge in [-0.1, -0.05) is 12.8 Å². The third-order valence-electron chi connectivity index (χ3n) is 4.10. The number of primary amides is 2. The van der Waals surface area contributed by atoms with Gasteiger partial charge >= 0.3 is 6.16 Å². The smallest absolute Gasteiger partial charge is 0.434 e. The van der Waals surface area contributed by atoms with Crippen LogP contribution >= 0.6 is 0 Å². The molecule has 0 bridgehead atoms. The molecule has 0 aromatic rings. The summed E-state index contributed by atoms with van der Waals surface area (Å²) < 4.78 is 9.80. The van der Waals surface area contributed by atoms with E-state index >= 15 is 0 Å². The van der Waals surface area contributed by atoms with Crippen molar-refractivity contribution >= 4 is 18.0 Å². The van der Waals surface area contributed by atoms with Gasteiger partial charge in [0.15, 0.2) is 0 Å². The van der Waals surface area contributed by atoms with Gasteiger partial charge in [0.25, 0.3) is 0 Å². The minimum absolute atomic E-state index is 0.00130. The monoisotopic (exact) mass is 376 g/mol. The topological polar surface area (TPSA) is 162 Å². The van der Waals surface area contributed by atoms with Crippen LogP contribution in [-0.4, -0.2) is 54.6 Å². The minimum atomic E-state index is -0.873. The first-order valence-corrected chi connectivity index (χ1v) is 9.02. The molecule has 0 aliphatic rings. The zero-order valence-electron chi connectivity index (χ0n) is 15.2. The quantitative estimate of drug-likeness (QED) is 0.224. The zero-order chi connectivity index (χ0) is 19.8. The summed E-state index contributed by atoms with van der Waals surface area (Å²) in [5.74, 6) is -1.76. The van der Waals surface area contributed by atoms with Crippen molar-refractivity contribution in [3.05, 3.63) is 0 Å². The summed E-state index contributed by atoms with van der Waals surface area (Å²) >= 11 is 0. The summed E-state index contributed by atoms with van der Waals surface area (Å²) in [6.45, 7) is 0.115. The summed E-state index contributed by atoms with van der Waals surface area (Å²) in [6.07, 6.45) is 3.28. The minimum Gasteiger partial charge on any atom is -0.434 e. The number of hydrogen-bond donors (Lipinski definition) is 4. The molecule has 152 valence electrons. The van der Waals surface area contributed by atoms with Crippen LogP contribution in [0.25, 0.3) is 0 Å². The highest BCUT2D eigenvalue weighted by Crippen LogP contribution is 2.14. The van der Waals surface area contributed by atoms with Gasteiger partial charge in [-0.25, -0.2) is 4.79 Å². The molecule has 0 saturated carbocycles. The highest BCUT2D eigenvalue weighted by molar-refractivity contribution is 5.77. The van der Waals surface area contributed by atoms with E-state index in [1.165, 1.54) is 0 Å². The van der Waals surface area contributed by atoms with Crippen LogP contribution in [0, 0.1) is 11.8 Å². The van der Waals surface area contributed by atoms with Gasteiger partial charge in [-0.2, -0.15) is 0 Å². The summed E-state index contributed by atoms with van der Waals surface area (Å²) in [7, 11) is 0. The average molecular weight is 376 g/mol. The van der Waals surface area contributed by atoms with E-state index in [0.29, 0.717) is 51.4 Å². The zero-order valence-corrected chi connectivity index (χ0v) is 15.2. The van der Waals surface area contributed by atoms with Gasteiger partial charge in [0.05, 0.1) is 13.2 Å². The van der Waals surface area contributed by atoms with Crippen LogP contribution in [-0.2, 0) is 19.1 Å². The van der Waals surface area contributed by atoms with E-state index in [1.807, 2.05) is 0 Å². The van der Waals surface area contributed by atoms with E-state index in [4.69, 9.17) is 31.2 Å². The Morgan fingerprint density at radius 2 is 1.08 bits per heavy atom. The fraction of sp³-hybridized carbons (Fsp3) is 0.824. The fourth-order valence-electron chi connectivity index (χ4n) is 2.47. The third-order valence-corrected chi connectivity index (χ3v) is 4.10. The van der Waals surface area contributed by atoms with Gasteiger partial charge < -0.3 is 31.2 Å². The molecule has 0 aliphatic heterocycles. The average Bonchev–Trinajstić information content (AvgIpc) is 2.58. The SMILES string of the molecule is NC(=O)C(CCCCO)CCOC(=O)OCCC(CCCCO)C(N)=O. The lowest BCUT2D eigenvalue weighted by atomic mass is 9.98. The first-order valence-electron chi connectivity index (χ1n) is 9.02. The molecule has 2 amide bonds. The molecule has 0 spiro atoms. The Bertz CT molecular complexity index is 382. The number of aliphatic hydroxyl groups excluding tert-OH is 2. The normalized spacial score (nSPS) is 13.0. The molecule has 26 heavy (non-hydrogen) atoms. The number of hydrogen-bond acceptors (Lipinski definition) is 7. The molecule has 0 fully saturated rings. The molecule has 2 unspecified atom stereocenters. The fourth-order valence-corrected chi connectivity index (χ4v) is 2.47. The Labute approximate surface area is 154 Å². The molecular formula is C17H32N2O7. The lowest BCUT2D eigenvalue weighted by Gasteiger charge is -2.14. The van der Waals surface area contributed by atoms with E-state index < -0.39 is 29.8 Å². The molecule has 0 radical (unpaired) electrons. The second-order valence-corrected chi connectivity index (χ2v) is 6.16. The standard InChI is InChI=1S/C17H32N2O7/c18-15(22)13(5-1-3-9-20)7-11-25-17(24)26-12-8-14(16(19)23)6-2-4-10-21/h13-14,20-21H,1-12H2,(H2,18,22)(H2,19,23). The van der Waals surface area contributed by atoms with Crippen LogP contribution in [0.3, 0.4) is 0 Å². The first kappa shape index (κ1) is 24.1. The van der Waals surface area contributed by atoms with Crippen LogP contribution in [0.15, 0.2) is 0 Å². The van der Waals surface area contributed by atoms with Gasteiger partial charge in [-0.05, 0) is 38.5 Å². The highest BCUT2D eigenvalue weighted by Gasteiger charge is 2.18. The van der Waals surface area contributed by atoms with Crippen LogP contribution in [0.5, 0.6) is 0 Å². The maximum absolute atomic E-state index is 11.5. The molecule has 2 atom stereocenters. The molecule has 6 N–H and O–H groups in total. The predicted molar refractivity (Wildman–Crippen MR) is 93.8 cm³/mol. The summed E-state index contributed by atoms with van der Waals surface area (Å²) in [5.41, 5.74) is 10.6. The van der Waals surface area contributed by atoms with Crippen molar-refractivity contribution in [1.29, 1.82) is 0 Å². The van der Waals surface area contributed by atoms with Crippen LogP contribution in [0.2, 0.25) is 0 Å². The number of carbonyl (C=O) groups excluding carboxylic acids is 3. The Balaban J connectivity index is 3.98. The van der Waals surface area contributed by atoms with E-state index in [2.05, 4.69) is 0 Å². The lowest BCUT2D eigenvalue weighted by molar-refractivity contribution is -0.123. The number of rotatable bonds is 16. The van der Waals surface area contributed by atoms with Crippen molar-refractivity contribution in [3.8, 4) is 0 Å². The molecular weight excluding hydrogens is 344 g/mol. The van der Waals surface area contributed by atoms with Crippen molar-refractivity contribution in [1.82, 2.24) is 0 Å². The van der Waals surface area contributed by atoms with E-state index in [-0.39, 0.29) is 26.4 Å². The maximum Gasteiger partial charge on any atom is 0.508 e. The number of amides is 2. The van der Waals surface area contributed by atoms with Crippen LogP contribution in [0.4, 0.5) is 4.79 Å². The van der Waals surface area contributed by atoms with Gasteiger partial charge in [-0.3, -0.25) is 9.59 Å². The number of aliphatic hydroxyl groups is 2. The lowest BCUT2D eigenvalue weighted by Crippen LogP contribution is -2.26. The molecule has 0 rings (SSSR count). The van der Waals surface area contributed by atoms with E-state index in [1.54, 1.807) is 0 Å². The van der Waals surface area contributed by atoms with Gasteiger partial charge in [0.2, 0.25) is 11.8 Å². The predicted octanol–water partition coefficient (Wildman–Crippen LogP) is 0.448. The Morgan fingerprint density at radius 1 is 0.692 bits per heavy atom. The van der Waals surface area contributed by atoms with Crippen molar-refractivity contribution in [2.45, 2.75) is 51.4 Å². The number of ether oxygens (including phenoxy) is 2. The Kier molecular flexibility index (Phi) is 14.3. The van der Waals surface area contributed by atoms with Gasteiger partial charge in [0.1, 0.15) is 0 Å². The van der Waals surface area contributed by atoms with Gasteiger partial charge in [0, 0.05) is 25.0 Å². The number of nitrogens with two attached hydrogens (primary N) is 2. The summed E-state index contributed by atoms with van der Waals surface area (Å²) in [4.78, 5) is 34.2. The summed E-state index contributed by atoms with van der Waals surface area (Å²) in [5, 5.41) is 17.5. The third kappa shape index (κ3) is 12.5. The molecule has 0 aromatic heterocycles. The molecule has 0 aliphatic carbocycles. The Morgan fingerprint density at radius 3 is 1.38 bits per heavy atom. The summed E-state index contributed by atoms with van der Waals surface area (Å²) in [6, 6.07) is 0. The first-order chi connectivity index (χ1) is 12.4. The molecule has 9 nitrogen and oxygen atoms in total. The van der Waals surface area contributed by atoms with Gasteiger partial charge in [-0.15, -0.1) is 0 Å². The van der Waals surface area contributed by atoms with E-state index in [9.17, 15) is 14.4 Å². The van der Waals surface area contributed by atoms with Crippen LogP contribution in [0.1, 0.15) is 51.4 Å². The highest BCUT2D eigenvalue weighted by atomic mass is 16.7. The number of unbranched alkanes of at least 4 members (excludes halogenated alkanes) is 2. The number of carbonyl (C=O) groups is 3. The van der Waals surface area contributed by atoms with Crippen molar-refractivity contribution < 1.29 is 34.1 Å². The second-order valence-electron chi connectivity index (χ2n) is 6.16. The molecule has 0 aromatic carbocycles. The van der Waals surface area contributed by atoms with Crippen molar-refractivity contribution in [2.24, 2.45) is 23.3 Å². The largest absolute Gasteiger partial charge is 0.508 e. The molecule has 9 heteroatoms. The maximum atomic E-state index is 11.5. The second kappa shape index (κ2) is 15.4. The Hall–Kier alpha value is -1.87. The molecule has 0 saturated heterocycles. The van der Waals surface area contributed by atoms with Crippen molar-refractivity contribution in [3.63, 3.8) is 0 Å². The molecule has 0 heterocycles. The van der Waals surface area contributed by atoms with Crippen LogP contribution < -0.4 is 11.5 Å². The van der Waals surface area contributed by atoms with Crippen molar-refractivity contribution in [2.75, 3.05) is 26.4 Å².